The predicted octanol–water partition coefficient (Wildman–Crippen LogP) is 3.02. The maximum atomic E-state index is 13.0. The van der Waals surface area contributed by atoms with Crippen molar-refractivity contribution in [2.24, 2.45) is 5.92 Å². The van der Waals surface area contributed by atoms with Crippen molar-refractivity contribution in [2.75, 3.05) is 18.4 Å². The van der Waals surface area contributed by atoms with Crippen molar-refractivity contribution in [1.29, 1.82) is 0 Å². The quantitative estimate of drug-likeness (QED) is 0.403. The Bertz CT molecular complexity index is 1280. The van der Waals surface area contributed by atoms with Crippen LogP contribution in [-0.2, 0) is 21.4 Å². The first kappa shape index (κ1) is 23.5. The second-order valence-electron chi connectivity index (χ2n) is 7.97. The smallest absolute Gasteiger partial charge is 0.269 e. The van der Waals surface area contributed by atoms with Crippen molar-refractivity contribution in [3.8, 4) is 0 Å². The molecule has 0 spiro atoms. The van der Waals surface area contributed by atoms with Crippen LogP contribution in [0.4, 0.5) is 15.8 Å². The minimum Gasteiger partial charge on any atom is -0.323 e. The lowest BCUT2D eigenvalue weighted by atomic mass is 9.97. The van der Waals surface area contributed by atoms with Gasteiger partial charge in [0.05, 0.1) is 28.2 Å². The first-order chi connectivity index (χ1) is 16.2. The van der Waals surface area contributed by atoms with Crippen LogP contribution in [0.15, 0.2) is 65.8 Å². The predicted molar refractivity (Wildman–Crippen MR) is 121 cm³/mol. The number of non-ortho nitro benzene ring substituents is 1. The van der Waals surface area contributed by atoms with E-state index < -0.39 is 14.9 Å². The monoisotopic (exact) mass is 487 g/mol. The molecule has 4 rings (SSSR count). The minimum absolute atomic E-state index is 0.0189. The third kappa shape index (κ3) is 5.29. The van der Waals surface area contributed by atoms with Gasteiger partial charge in [-0.15, -0.1) is 0 Å². The van der Waals surface area contributed by atoms with Crippen molar-refractivity contribution in [3.05, 3.63) is 82.4 Å². The van der Waals surface area contributed by atoms with Crippen LogP contribution in [0.3, 0.4) is 0 Å². The third-order valence-electron chi connectivity index (χ3n) is 5.67. The molecule has 2 aromatic carbocycles. The van der Waals surface area contributed by atoms with E-state index in [4.69, 9.17) is 0 Å². The maximum Gasteiger partial charge on any atom is 0.269 e. The fourth-order valence-corrected chi connectivity index (χ4v) is 5.25. The van der Waals surface area contributed by atoms with Gasteiger partial charge in [0.1, 0.15) is 5.82 Å². The normalized spacial score (nSPS) is 15.2. The molecular formula is C22H22FN5O5S. The van der Waals surface area contributed by atoms with Crippen molar-refractivity contribution >= 4 is 27.3 Å². The number of piperidine rings is 1. The number of benzene rings is 2. The van der Waals surface area contributed by atoms with Gasteiger partial charge in [-0.1, -0.05) is 12.1 Å². The number of nitrogens with one attached hydrogen (secondary N) is 1. The number of nitrogens with zero attached hydrogens (tertiary/aromatic N) is 4. The molecule has 0 atom stereocenters. The number of carbonyl (C=O) groups excluding carboxylic acids is 1. The van der Waals surface area contributed by atoms with Gasteiger partial charge in [0.25, 0.3) is 5.69 Å². The summed E-state index contributed by atoms with van der Waals surface area (Å²) in [6.45, 7) is 0.761. The van der Waals surface area contributed by atoms with Gasteiger partial charge in [0.2, 0.25) is 15.9 Å². The highest BCUT2D eigenvalue weighted by Gasteiger charge is 2.32. The molecule has 1 saturated heterocycles. The lowest BCUT2D eigenvalue weighted by Gasteiger charge is -2.30. The molecule has 0 saturated carbocycles. The second kappa shape index (κ2) is 9.69. The molecule has 0 bridgehead atoms. The van der Waals surface area contributed by atoms with E-state index in [1.54, 1.807) is 23.0 Å². The number of hydrogen-bond acceptors (Lipinski definition) is 6. The van der Waals surface area contributed by atoms with Gasteiger partial charge in [-0.05, 0) is 42.7 Å². The van der Waals surface area contributed by atoms with Gasteiger partial charge < -0.3 is 5.32 Å². The van der Waals surface area contributed by atoms with E-state index in [-0.39, 0.29) is 41.3 Å². The lowest BCUT2D eigenvalue weighted by Crippen LogP contribution is -2.41. The van der Waals surface area contributed by atoms with E-state index >= 15 is 0 Å². The lowest BCUT2D eigenvalue weighted by molar-refractivity contribution is -0.384. The summed E-state index contributed by atoms with van der Waals surface area (Å²) in [5.41, 5.74) is 1.20. The zero-order valence-electron chi connectivity index (χ0n) is 18.0. The molecule has 0 aliphatic carbocycles. The largest absolute Gasteiger partial charge is 0.323 e. The summed E-state index contributed by atoms with van der Waals surface area (Å²) >= 11 is 0. The summed E-state index contributed by atoms with van der Waals surface area (Å²) in [4.78, 5) is 22.8. The number of nitro groups is 1. The van der Waals surface area contributed by atoms with Crippen LogP contribution in [0.1, 0.15) is 18.4 Å². The van der Waals surface area contributed by atoms with Crippen LogP contribution in [0, 0.1) is 21.8 Å². The molecule has 1 fully saturated rings. The van der Waals surface area contributed by atoms with Gasteiger partial charge in [-0.25, -0.2) is 12.8 Å². The van der Waals surface area contributed by atoms with Gasteiger partial charge in [0.15, 0.2) is 0 Å². The number of sulfonamides is 1. The fraction of sp³-hybridized carbons (Fsp3) is 0.273. The van der Waals surface area contributed by atoms with Gasteiger partial charge in [-0.3, -0.25) is 19.6 Å². The number of amides is 1. The standard InChI is InChI=1S/C22H22FN5O5S/c23-18-3-1-16(2-4-18)14-26-15-19(13-24-26)25-22(29)17-9-11-27(12-10-17)34(32,33)21-7-5-20(6-8-21)28(30)31/h1-8,13,15,17H,9-12,14H2,(H,25,29). The SMILES string of the molecule is O=C(Nc1cnn(Cc2ccc(F)cc2)c1)C1CCN(S(=O)(=O)c2ccc([N+](=O)[O-])cc2)CC1. The Kier molecular flexibility index (Phi) is 6.70. The van der Waals surface area contributed by atoms with Crippen molar-refractivity contribution in [2.45, 2.75) is 24.3 Å². The van der Waals surface area contributed by atoms with E-state index in [9.17, 15) is 27.7 Å². The Labute approximate surface area is 195 Å². The molecule has 1 aromatic heterocycles. The fourth-order valence-electron chi connectivity index (χ4n) is 3.78. The Morgan fingerprint density at radius 2 is 1.76 bits per heavy atom. The number of hydrogen-bond donors (Lipinski definition) is 1. The molecule has 3 aromatic rings. The highest BCUT2D eigenvalue weighted by Crippen LogP contribution is 2.26. The van der Waals surface area contributed by atoms with Crippen LogP contribution >= 0.6 is 0 Å². The first-order valence-electron chi connectivity index (χ1n) is 10.5. The summed E-state index contributed by atoms with van der Waals surface area (Å²) in [5, 5.41) is 17.8. The van der Waals surface area contributed by atoms with Crippen LogP contribution in [0.2, 0.25) is 0 Å². The Morgan fingerprint density at radius 3 is 2.38 bits per heavy atom. The van der Waals surface area contributed by atoms with Crippen LogP contribution in [-0.4, -0.2) is 46.4 Å². The van der Waals surface area contributed by atoms with E-state index in [1.165, 1.54) is 34.8 Å². The summed E-state index contributed by atoms with van der Waals surface area (Å²) in [6.07, 6.45) is 3.90. The molecule has 1 aliphatic rings. The highest BCUT2D eigenvalue weighted by atomic mass is 32.2. The van der Waals surface area contributed by atoms with Crippen LogP contribution < -0.4 is 5.32 Å². The number of rotatable bonds is 7. The van der Waals surface area contributed by atoms with E-state index in [1.807, 2.05) is 0 Å². The molecule has 2 heterocycles. The molecule has 178 valence electrons. The Hall–Kier alpha value is -3.64. The maximum absolute atomic E-state index is 13.0. The Balaban J connectivity index is 1.31. The molecule has 0 radical (unpaired) electrons. The molecule has 34 heavy (non-hydrogen) atoms. The summed E-state index contributed by atoms with van der Waals surface area (Å²) in [6, 6.07) is 10.8. The zero-order valence-corrected chi connectivity index (χ0v) is 18.8. The molecule has 12 heteroatoms. The van der Waals surface area contributed by atoms with Gasteiger partial charge in [-0.2, -0.15) is 9.40 Å². The molecule has 1 amide bonds. The van der Waals surface area contributed by atoms with Gasteiger partial charge >= 0.3 is 0 Å². The van der Waals surface area contributed by atoms with Crippen molar-refractivity contribution < 1.29 is 22.5 Å². The zero-order chi connectivity index (χ0) is 24.3. The van der Waals surface area contributed by atoms with Crippen molar-refractivity contribution in [1.82, 2.24) is 14.1 Å². The van der Waals surface area contributed by atoms with Crippen molar-refractivity contribution in [3.63, 3.8) is 0 Å². The second-order valence-corrected chi connectivity index (χ2v) is 9.91. The van der Waals surface area contributed by atoms with E-state index in [2.05, 4.69) is 10.4 Å². The topological polar surface area (TPSA) is 127 Å². The average Bonchev–Trinajstić information content (AvgIpc) is 3.27. The highest BCUT2D eigenvalue weighted by molar-refractivity contribution is 7.89. The summed E-state index contributed by atoms with van der Waals surface area (Å²) in [7, 11) is -3.80. The molecule has 1 aliphatic heterocycles. The third-order valence-corrected chi connectivity index (χ3v) is 7.58. The summed E-state index contributed by atoms with van der Waals surface area (Å²) in [5.74, 6) is -0.888. The van der Waals surface area contributed by atoms with Crippen LogP contribution in [0.25, 0.3) is 0 Å². The molecule has 1 N–H and O–H groups in total. The average molecular weight is 488 g/mol. The first-order valence-corrected chi connectivity index (χ1v) is 12.0. The minimum atomic E-state index is -3.80. The molecular weight excluding hydrogens is 465 g/mol. The number of nitro benzene ring substituents is 1. The summed E-state index contributed by atoms with van der Waals surface area (Å²) < 4.78 is 41.6. The van der Waals surface area contributed by atoms with E-state index in [0.29, 0.717) is 25.1 Å². The number of carbonyl (C=O) groups is 1. The van der Waals surface area contributed by atoms with Gasteiger partial charge in [0, 0.05) is 37.3 Å². The number of aromatic nitrogens is 2. The number of halogens is 1. The number of anilines is 1. The molecule has 0 unspecified atom stereocenters. The molecule has 10 nitrogen and oxygen atoms in total. The Morgan fingerprint density at radius 1 is 1.12 bits per heavy atom. The van der Waals surface area contributed by atoms with E-state index in [0.717, 1.165) is 17.7 Å². The van der Waals surface area contributed by atoms with Crippen LogP contribution in [0.5, 0.6) is 0 Å².